The van der Waals surface area contributed by atoms with Crippen LogP contribution in [0.2, 0.25) is 0 Å². The molecular weight excluding hydrogens is 448 g/mol. The number of aromatic amines is 1. The molecule has 188 valence electrons. The first-order valence-electron chi connectivity index (χ1n) is 12.4. The molecule has 2 aromatic heterocycles. The molecule has 0 amide bonds. The Bertz CT molecular complexity index is 1200. The van der Waals surface area contributed by atoms with Crippen molar-refractivity contribution < 1.29 is 14.3 Å². The van der Waals surface area contributed by atoms with Crippen LogP contribution >= 0.6 is 0 Å². The molecule has 10 nitrogen and oxygen atoms in total. The number of nitrogens with one attached hydrogen (secondary N) is 1. The Balaban J connectivity index is 1.69. The van der Waals surface area contributed by atoms with E-state index in [4.69, 9.17) is 9.47 Å². The van der Waals surface area contributed by atoms with E-state index in [1.54, 1.807) is 6.92 Å². The smallest absolute Gasteiger partial charge is 0.327 e. The molecule has 3 aromatic rings. The fraction of sp³-hybridized carbons (Fsp3) is 0.560. The molecule has 10 heteroatoms. The van der Waals surface area contributed by atoms with E-state index in [0.29, 0.717) is 31.1 Å². The van der Waals surface area contributed by atoms with E-state index in [1.165, 1.54) is 4.68 Å². The van der Waals surface area contributed by atoms with Crippen LogP contribution < -0.4 is 5.56 Å². The Morgan fingerprint density at radius 2 is 2.20 bits per heavy atom. The number of pyridine rings is 1. The maximum absolute atomic E-state index is 13.0. The highest BCUT2D eigenvalue weighted by Gasteiger charge is 2.30. The van der Waals surface area contributed by atoms with Crippen LogP contribution in [0.3, 0.4) is 0 Å². The predicted octanol–water partition coefficient (Wildman–Crippen LogP) is 2.91. The van der Waals surface area contributed by atoms with Gasteiger partial charge in [0.2, 0.25) is 0 Å². The lowest BCUT2D eigenvalue weighted by molar-refractivity contribution is -0.144. The average Bonchev–Trinajstić information content (AvgIpc) is 3.50. The van der Waals surface area contributed by atoms with Crippen LogP contribution in [0.5, 0.6) is 0 Å². The van der Waals surface area contributed by atoms with Gasteiger partial charge in [-0.25, -0.2) is 4.68 Å². The van der Waals surface area contributed by atoms with Crippen molar-refractivity contribution in [1.29, 1.82) is 0 Å². The molecule has 1 fully saturated rings. The number of aryl methyl sites for hydroxylation is 1. The zero-order chi connectivity index (χ0) is 24.8. The molecule has 1 N–H and O–H groups in total. The summed E-state index contributed by atoms with van der Waals surface area (Å²) in [7, 11) is 0. The van der Waals surface area contributed by atoms with Gasteiger partial charge >= 0.3 is 5.97 Å². The number of ether oxygens (including phenoxy) is 2. The Hall–Kier alpha value is -3.11. The van der Waals surface area contributed by atoms with Crippen LogP contribution in [0.4, 0.5) is 0 Å². The van der Waals surface area contributed by atoms with E-state index < -0.39 is 0 Å². The minimum atomic E-state index is -0.386. The Labute approximate surface area is 204 Å². The molecule has 1 aliphatic rings. The van der Waals surface area contributed by atoms with Gasteiger partial charge in [-0.15, -0.1) is 5.10 Å². The van der Waals surface area contributed by atoms with Gasteiger partial charge in [0.05, 0.1) is 18.8 Å². The topological polar surface area (TPSA) is 115 Å². The van der Waals surface area contributed by atoms with Crippen LogP contribution in [0.25, 0.3) is 10.9 Å². The van der Waals surface area contributed by atoms with Crippen molar-refractivity contribution in [2.75, 3.05) is 19.8 Å². The standard InChI is InChI=1S/C25H34N6O4/c1-4-7-22(24-27-28-29-31(24)16-23(32)34-5-2)30(15-20-8-6-11-35-20)14-19-13-18-12-17(3)9-10-21(18)26-25(19)33/h9-10,12-13,20,22H,4-8,11,14-16H2,1-3H3,(H,26,33)/t20-,22-/m0/s1. The summed E-state index contributed by atoms with van der Waals surface area (Å²) in [5, 5.41) is 13.2. The minimum absolute atomic E-state index is 0.0556. The summed E-state index contributed by atoms with van der Waals surface area (Å²) < 4.78 is 12.6. The monoisotopic (exact) mass is 482 g/mol. The van der Waals surface area contributed by atoms with Crippen molar-refractivity contribution in [2.24, 2.45) is 0 Å². The Morgan fingerprint density at radius 1 is 1.34 bits per heavy atom. The zero-order valence-corrected chi connectivity index (χ0v) is 20.7. The van der Waals surface area contributed by atoms with Gasteiger partial charge in [-0.05, 0) is 67.1 Å². The summed E-state index contributed by atoms with van der Waals surface area (Å²) in [4.78, 5) is 30.4. The lowest BCUT2D eigenvalue weighted by Crippen LogP contribution is -2.38. The van der Waals surface area contributed by atoms with Gasteiger partial charge in [-0.1, -0.05) is 25.0 Å². The van der Waals surface area contributed by atoms with E-state index in [2.05, 4.69) is 38.4 Å². The molecule has 0 bridgehead atoms. The molecule has 0 unspecified atom stereocenters. The fourth-order valence-electron chi connectivity index (χ4n) is 4.70. The maximum atomic E-state index is 13.0. The van der Waals surface area contributed by atoms with Crippen LogP contribution in [0, 0.1) is 6.92 Å². The SMILES string of the molecule is CCC[C@@H](c1nnnn1CC(=O)OCC)N(Cc1cc2cc(C)ccc2[nH]c1=O)C[C@@H]1CCCO1. The van der Waals surface area contributed by atoms with Gasteiger partial charge in [-0.3, -0.25) is 14.5 Å². The third kappa shape index (κ3) is 6.12. The molecule has 1 saturated heterocycles. The summed E-state index contributed by atoms with van der Waals surface area (Å²) in [5.74, 6) is 0.203. The molecular formula is C25H34N6O4. The molecule has 1 aliphatic heterocycles. The number of benzene rings is 1. The zero-order valence-electron chi connectivity index (χ0n) is 20.7. The number of esters is 1. The van der Waals surface area contributed by atoms with Gasteiger partial charge < -0.3 is 14.5 Å². The fourth-order valence-corrected chi connectivity index (χ4v) is 4.70. The molecule has 3 heterocycles. The van der Waals surface area contributed by atoms with Crippen molar-refractivity contribution in [3.05, 3.63) is 51.6 Å². The number of carbonyl (C=O) groups excluding carboxylic acids is 1. The van der Waals surface area contributed by atoms with E-state index in [-0.39, 0.29) is 30.2 Å². The molecule has 2 atom stereocenters. The number of hydrogen-bond donors (Lipinski definition) is 1. The molecule has 0 saturated carbocycles. The average molecular weight is 483 g/mol. The largest absolute Gasteiger partial charge is 0.465 e. The second kappa shape index (κ2) is 11.5. The van der Waals surface area contributed by atoms with Gasteiger partial charge in [0.1, 0.15) is 6.54 Å². The first-order valence-corrected chi connectivity index (χ1v) is 12.4. The maximum Gasteiger partial charge on any atom is 0.327 e. The molecule has 0 aliphatic carbocycles. The van der Waals surface area contributed by atoms with E-state index in [0.717, 1.165) is 48.8 Å². The number of rotatable bonds is 11. The van der Waals surface area contributed by atoms with E-state index in [1.807, 2.05) is 25.1 Å². The lowest BCUT2D eigenvalue weighted by atomic mass is 10.1. The molecule has 0 spiro atoms. The van der Waals surface area contributed by atoms with Gasteiger partial charge in [0, 0.05) is 30.8 Å². The first kappa shape index (κ1) is 25.0. The van der Waals surface area contributed by atoms with Crippen LogP contribution in [-0.4, -0.2) is 61.9 Å². The predicted molar refractivity (Wildman–Crippen MR) is 131 cm³/mol. The summed E-state index contributed by atoms with van der Waals surface area (Å²) in [6.07, 6.45) is 3.71. The highest BCUT2D eigenvalue weighted by Crippen LogP contribution is 2.28. The highest BCUT2D eigenvalue weighted by atomic mass is 16.5. The van der Waals surface area contributed by atoms with Crippen LogP contribution in [0.15, 0.2) is 29.1 Å². The highest BCUT2D eigenvalue weighted by molar-refractivity contribution is 5.79. The van der Waals surface area contributed by atoms with Gasteiger partial charge in [0.15, 0.2) is 5.82 Å². The molecule has 0 radical (unpaired) electrons. The normalized spacial score (nSPS) is 16.7. The van der Waals surface area contributed by atoms with Crippen molar-refractivity contribution >= 4 is 16.9 Å². The van der Waals surface area contributed by atoms with Crippen molar-refractivity contribution in [3.63, 3.8) is 0 Å². The van der Waals surface area contributed by atoms with Crippen molar-refractivity contribution in [3.8, 4) is 0 Å². The number of hydrogen-bond acceptors (Lipinski definition) is 8. The number of H-pyrrole nitrogens is 1. The summed E-state index contributed by atoms with van der Waals surface area (Å²) >= 11 is 0. The minimum Gasteiger partial charge on any atom is -0.465 e. The van der Waals surface area contributed by atoms with Crippen LogP contribution in [-0.2, 0) is 27.4 Å². The number of carbonyl (C=O) groups is 1. The number of tetrazole rings is 1. The van der Waals surface area contributed by atoms with Gasteiger partial charge in [0.25, 0.3) is 5.56 Å². The third-order valence-corrected chi connectivity index (χ3v) is 6.36. The third-order valence-electron chi connectivity index (χ3n) is 6.36. The van der Waals surface area contributed by atoms with E-state index >= 15 is 0 Å². The molecule has 4 rings (SSSR count). The number of nitrogens with zero attached hydrogens (tertiary/aromatic N) is 5. The molecule has 35 heavy (non-hydrogen) atoms. The summed E-state index contributed by atoms with van der Waals surface area (Å²) in [6.45, 7) is 7.94. The first-order chi connectivity index (χ1) is 17.0. The number of fused-ring (bicyclic) bond motifs is 1. The Kier molecular flexibility index (Phi) is 8.25. The van der Waals surface area contributed by atoms with Crippen molar-refractivity contribution in [1.82, 2.24) is 30.1 Å². The van der Waals surface area contributed by atoms with E-state index in [9.17, 15) is 9.59 Å². The van der Waals surface area contributed by atoms with Crippen LogP contribution in [0.1, 0.15) is 62.5 Å². The quantitative estimate of drug-likeness (QED) is 0.415. The number of aromatic nitrogens is 5. The second-order valence-corrected chi connectivity index (χ2v) is 9.08. The summed E-state index contributed by atoms with van der Waals surface area (Å²) in [5.41, 5.74) is 2.51. The molecule has 1 aromatic carbocycles. The van der Waals surface area contributed by atoms with Gasteiger partial charge in [-0.2, -0.15) is 0 Å². The summed E-state index contributed by atoms with van der Waals surface area (Å²) in [6, 6.07) is 7.77. The lowest BCUT2D eigenvalue weighted by Gasteiger charge is -2.32. The second-order valence-electron chi connectivity index (χ2n) is 9.08. The Morgan fingerprint density at radius 3 is 2.94 bits per heavy atom. The van der Waals surface area contributed by atoms with Crippen molar-refractivity contribution in [2.45, 2.75) is 71.7 Å².